The summed E-state index contributed by atoms with van der Waals surface area (Å²) >= 11 is 0. The van der Waals surface area contributed by atoms with Crippen LogP contribution in [0.5, 0.6) is 0 Å². The minimum absolute atomic E-state index is 0.0949. The second-order valence-electron chi connectivity index (χ2n) is 4.37. The molecular formula is C17H19NO. The Bertz CT molecular complexity index is 520. The van der Waals surface area contributed by atoms with Crippen LogP contribution in [0.25, 0.3) is 6.08 Å². The van der Waals surface area contributed by atoms with E-state index in [4.69, 9.17) is 0 Å². The molecule has 2 nitrogen and oxygen atoms in total. The largest absolute Gasteiger partial charge is 0.392 e. The number of hydrogen-bond acceptors (Lipinski definition) is 2. The zero-order chi connectivity index (χ0) is 13.3. The third-order valence-corrected chi connectivity index (χ3v) is 2.98. The Morgan fingerprint density at radius 3 is 2.32 bits per heavy atom. The van der Waals surface area contributed by atoms with Crippen LogP contribution in [0, 0.1) is 0 Å². The fourth-order valence-corrected chi connectivity index (χ4v) is 1.93. The van der Waals surface area contributed by atoms with Crippen molar-refractivity contribution in [3.63, 3.8) is 0 Å². The summed E-state index contributed by atoms with van der Waals surface area (Å²) in [7, 11) is 0. The van der Waals surface area contributed by atoms with Crippen molar-refractivity contribution >= 4 is 6.08 Å². The molecule has 2 aromatic rings. The van der Waals surface area contributed by atoms with Gasteiger partial charge < -0.3 is 10.4 Å². The van der Waals surface area contributed by atoms with E-state index in [-0.39, 0.29) is 6.61 Å². The van der Waals surface area contributed by atoms with Crippen LogP contribution in [0.2, 0.25) is 0 Å². The SMILES string of the molecule is OCc1ccccc1CNC/C=C/c1ccccc1. The lowest BCUT2D eigenvalue weighted by molar-refractivity contribution is 0.280. The van der Waals surface area contributed by atoms with Crippen LogP contribution in [0.1, 0.15) is 16.7 Å². The first kappa shape index (κ1) is 13.5. The van der Waals surface area contributed by atoms with Gasteiger partial charge >= 0.3 is 0 Å². The summed E-state index contributed by atoms with van der Waals surface area (Å²) in [5, 5.41) is 12.6. The van der Waals surface area contributed by atoms with E-state index in [1.165, 1.54) is 5.56 Å². The van der Waals surface area contributed by atoms with Gasteiger partial charge in [0.05, 0.1) is 6.61 Å². The molecule has 2 heteroatoms. The second-order valence-corrected chi connectivity index (χ2v) is 4.37. The minimum atomic E-state index is 0.0949. The monoisotopic (exact) mass is 253 g/mol. The van der Waals surface area contributed by atoms with Crippen molar-refractivity contribution < 1.29 is 5.11 Å². The highest BCUT2D eigenvalue weighted by Crippen LogP contribution is 2.08. The van der Waals surface area contributed by atoms with E-state index in [0.29, 0.717) is 0 Å². The van der Waals surface area contributed by atoms with Gasteiger partial charge in [0.15, 0.2) is 0 Å². The highest BCUT2D eigenvalue weighted by atomic mass is 16.3. The van der Waals surface area contributed by atoms with Gasteiger partial charge in [-0.25, -0.2) is 0 Å². The van der Waals surface area contributed by atoms with E-state index in [1.807, 2.05) is 42.5 Å². The zero-order valence-electron chi connectivity index (χ0n) is 10.9. The van der Waals surface area contributed by atoms with Gasteiger partial charge in [-0.1, -0.05) is 66.7 Å². The molecule has 0 amide bonds. The molecule has 19 heavy (non-hydrogen) atoms. The third kappa shape index (κ3) is 4.36. The molecule has 0 fully saturated rings. The summed E-state index contributed by atoms with van der Waals surface area (Å²) in [5.41, 5.74) is 3.35. The normalized spacial score (nSPS) is 11.0. The Labute approximate surface area is 114 Å². The average Bonchev–Trinajstić information content (AvgIpc) is 2.48. The van der Waals surface area contributed by atoms with Gasteiger partial charge in [-0.05, 0) is 16.7 Å². The molecule has 0 heterocycles. The van der Waals surface area contributed by atoms with E-state index < -0.39 is 0 Å². The summed E-state index contributed by atoms with van der Waals surface area (Å²) in [5.74, 6) is 0. The molecule has 2 aromatic carbocycles. The molecular weight excluding hydrogens is 234 g/mol. The van der Waals surface area contributed by atoms with E-state index in [2.05, 4.69) is 29.6 Å². The Morgan fingerprint density at radius 1 is 0.895 bits per heavy atom. The molecule has 0 aliphatic carbocycles. The highest BCUT2D eigenvalue weighted by molar-refractivity contribution is 5.48. The number of benzene rings is 2. The summed E-state index contributed by atoms with van der Waals surface area (Å²) in [4.78, 5) is 0. The molecule has 0 saturated carbocycles. The summed E-state index contributed by atoms with van der Waals surface area (Å²) < 4.78 is 0. The molecule has 0 saturated heterocycles. The van der Waals surface area contributed by atoms with Gasteiger partial charge in [0.1, 0.15) is 0 Å². The predicted octanol–water partition coefficient (Wildman–Crippen LogP) is 2.98. The smallest absolute Gasteiger partial charge is 0.0685 e. The maximum atomic E-state index is 9.23. The second kappa shape index (κ2) is 7.52. The van der Waals surface area contributed by atoms with Gasteiger partial charge in [-0.3, -0.25) is 0 Å². The van der Waals surface area contributed by atoms with Crippen LogP contribution in [-0.4, -0.2) is 11.7 Å². The molecule has 0 atom stereocenters. The van der Waals surface area contributed by atoms with Gasteiger partial charge in [-0.2, -0.15) is 0 Å². The van der Waals surface area contributed by atoms with Crippen LogP contribution in [-0.2, 0) is 13.2 Å². The van der Waals surface area contributed by atoms with E-state index in [1.54, 1.807) is 0 Å². The Morgan fingerprint density at radius 2 is 1.58 bits per heavy atom. The molecule has 0 bridgehead atoms. The molecule has 2 rings (SSSR count). The number of nitrogens with one attached hydrogen (secondary N) is 1. The summed E-state index contributed by atoms with van der Waals surface area (Å²) in [6, 6.07) is 18.2. The van der Waals surface area contributed by atoms with Crippen molar-refractivity contribution in [2.45, 2.75) is 13.2 Å². The molecule has 0 aliphatic rings. The van der Waals surface area contributed by atoms with Crippen molar-refractivity contribution in [2.75, 3.05) is 6.54 Å². The zero-order valence-corrected chi connectivity index (χ0v) is 10.9. The first-order valence-corrected chi connectivity index (χ1v) is 6.50. The fraction of sp³-hybridized carbons (Fsp3) is 0.176. The highest BCUT2D eigenvalue weighted by Gasteiger charge is 1.98. The van der Waals surface area contributed by atoms with Crippen LogP contribution in [0.4, 0.5) is 0 Å². The molecule has 0 unspecified atom stereocenters. The maximum Gasteiger partial charge on any atom is 0.0685 e. The first-order valence-electron chi connectivity index (χ1n) is 6.50. The minimum Gasteiger partial charge on any atom is -0.392 e. The molecule has 0 spiro atoms. The topological polar surface area (TPSA) is 32.3 Å². The lowest BCUT2D eigenvalue weighted by Gasteiger charge is -2.07. The number of aliphatic hydroxyl groups is 1. The van der Waals surface area contributed by atoms with E-state index in [9.17, 15) is 5.11 Å². The lowest BCUT2D eigenvalue weighted by atomic mass is 10.1. The third-order valence-electron chi connectivity index (χ3n) is 2.98. The van der Waals surface area contributed by atoms with Gasteiger partial charge in [-0.15, -0.1) is 0 Å². The number of hydrogen-bond donors (Lipinski definition) is 2. The van der Waals surface area contributed by atoms with Crippen molar-refractivity contribution in [3.8, 4) is 0 Å². The molecule has 0 aliphatic heterocycles. The van der Waals surface area contributed by atoms with E-state index >= 15 is 0 Å². The maximum absolute atomic E-state index is 9.23. The van der Waals surface area contributed by atoms with Crippen LogP contribution in [0.3, 0.4) is 0 Å². The first-order chi connectivity index (χ1) is 9.40. The summed E-state index contributed by atoms with van der Waals surface area (Å²) in [6.45, 7) is 1.68. The molecule has 0 aromatic heterocycles. The van der Waals surface area contributed by atoms with Gasteiger partial charge in [0.25, 0.3) is 0 Å². The van der Waals surface area contributed by atoms with Gasteiger partial charge in [0, 0.05) is 13.1 Å². The van der Waals surface area contributed by atoms with Crippen molar-refractivity contribution in [1.82, 2.24) is 5.32 Å². The Hall–Kier alpha value is -1.90. The molecule has 0 radical (unpaired) electrons. The van der Waals surface area contributed by atoms with Crippen molar-refractivity contribution in [1.29, 1.82) is 0 Å². The lowest BCUT2D eigenvalue weighted by Crippen LogP contribution is -2.14. The summed E-state index contributed by atoms with van der Waals surface area (Å²) in [6.07, 6.45) is 4.21. The quantitative estimate of drug-likeness (QED) is 0.776. The standard InChI is InChI=1S/C17H19NO/c19-14-17-11-5-4-10-16(17)13-18-12-6-9-15-7-2-1-3-8-15/h1-11,18-19H,12-14H2/b9-6+. The van der Waals surface area contributed by atoms with Crippen LogP contribution >= 0.6 is 0 Å². The average molecular weight is 253 g/mol. The van der Waals surface area contributed by atoms with E-state index in [0.717, 1.165) is 24.2 Å². The Kier molecular flexibility index (Phi) is 5.35. The number of rotatable bonds is 6. The number of aliphatic hydroxyl groups excluding tert-OH is 1. The predicted molar refractivity (Wildman–Crippen MR) is 79.5 cm³/mol. The van der Waals surface area contributed by atoms with Crippen molar-refractivity contribution in [2.24, 2.45) is 0 Å². The Balaban J connectivity index is 1.79. The van der Waals surface area contributed by atoms with Gasteiger partial charge in [0.2, 0.25) is 0 Å². The fourth-order valence-electron chi connectivity index (χ4n) is 1.93. The molecule has 98 valence electrons. The molecule has 2 N–H and O–H groups in total. The van der Waals surface area contributed by atoms with Crippen LogP contribution < -0.4 is 5.32 Å². The van der Waals surface area contributed by atoms with Crippen LogP contribution in [0.15, 0.2) is 60.7 Å². The van der Waals surface area contributed by atoms with Crippen molar-refractivity contribution in [3.05, 3.63) is 77.4 Å².